The van der Waals surface area contributed by atoms with Crippen molar-refractivity contribution in [2.24, 2.45) is 5.92 Å². The van der Waals surface area contributed by atoms with E-state index in [1.54, 1.807) is 18.2 Å². The number of H-pyrrole nitrogens is 1. The molecule has 5 nitrogen and oxygen atoms in total. The first-order valence-electron chi connectivity index (χ1n) is 6.33. The lowest BCUT2D eigenvalue weighted by Gasteiger charge is -2.06. The van der Waals surface area contributed by atoms with Gasteiger partial charge in [0.25, 0.3) is 5.56 Å². The minimum Gasteiger partial charge on any atom is -0.465 e. The van der Waals surface area contributed by atoms with E-state index in [0.29, 0.717) is 28.6 Å². The van der Waals surface area contributed by atoms with Gasteiger partial charge in [0.05, 0.1) is 23.3 Å². The standard InChI is InChI=1S/C14H16N2O3S/c1-9(2)7-19-12(17)8-20-14-15-11-6-4-3-5-10(11)13(18)16-14/h3-6,9H,7-8H2,1-2H3,(H,15,16,18). The summed E-state index contributed by atoms with van der Waals surface area (Å²) >= 11 is 1.17. The number of carbonyl (C=O) groups is 1. The molecular weight excluding hydrogens is 276 g/mol. The van der Waals surface area contributed by atoms with Gasteiger partial charge in [0.2, 0.25) is 0 Å². The van der Waals surface area contributed by atoms with Crippen LogP contribution in [0.2, 0.25) is 0 Å². The molecule has 0 saturated carbocycles. The zero-order valence-corrected chi connectivity index (χ0v) is 12.2. The Kier molecular flexibility index (Phi) is 4.79. The second-order valence-electron chi connectivity index (χ2n) is 4.75. The Bertz CT molecular complexity index is 667. The summed E-state index contributed by atoms with van der Waals surface area (Å²) in [6.07, 6.45) is 0. The van der Waals surface area contributed by atoms with Gasteiger partial charge in [-0.3, -0.25) is 9.59 Å². The Morgan fingerprint density at radius 2 is 2.15 bits per heavy atom. The van der Waals surface area contributed by atoms with Gasteiger partial charge in [0.15, 0.2) is 5.16 Å². The number of aromatic amines is 1. The molecule has 2 aromatic rings. The number of nitrogens with one attached hydrogen (secondary N) is 1. The highest BCUT2D eigenvalue weighted by Gasteiger charge is 2.08. The molecule has 20 heavy (non-hydrogen) atoms. The Hall–Kier alpha value is -1.82. The highest BCUT2D eigenvalue weighted by atomic mass is 32.2. The number of aromatic nitrogens is 2. The molecule has 0 spiro atoms. The summed E-state index contributed by atoms with van der Waals surface area (Å²) in [5.74, 6) is 0.135. The van der Waals surface area contributed by atoms with Crippen LogP contribution in [0.1, 0.15) is 13.8 Å². The molecule has 0 aliphatic rings. The number of hydrogen-bond donors (Lipinski definition) is 1. The maximum absolute atomic E-state index is 11.8. The van der Waals surface area contributed by atoms with Crippen LogP contribution in [0.25, 0.3) is 10.9 Å². The van der Waals surface area contributed by atoms with Gasteiger partial charge in [-0.25, -0.2) is 4.98 Å². The SMILES string of the molecule is CC(C)COC(=O)CSc1nc2ccccc2c(=O)[nH]1. The maximum atomic E-state index is 11.8. The van der Waals surface area contributed by atoms with Gasteiger partial charge in [-0.05, 0) is 18.1 Å². The first-order valence-corrected chi connectivity index (χ1v) is 7.32. The van der Waals surface area contributed by atoms with Crippen molar-refractivity contribution >= 4 is 28.6 Å². The molecule has 0 aliphatic carbocycles. The fourth-order valence-corrected chi connectivity index (χ4v) is 2.23. The monoisotopic (exact) mass is 292 g/mol. The Morgan fingerprint density at radius 3 is 2.90 bits per heavy atom. The topological polar surface area (TPSA) is 72.0 Å². The minimum atomic E-state index is -0.306. The van der Waals surface area contributed by atoms with Crippen LogP contribution in [0.3, 0.4) is 0 Å². The molecule has 0 aliphatic heterocycles. The van der Waals surface area contributed by atoms with Crippen molar-refractivity contribution in [3.63, 3.8) is 0 Å². The summed E-state index contributed by atoms with van der Waals surface area (Å²) in [6.45, 7) is 4.35. The number of benzene rings is 1. The highest BCUT2D eigenvalue weighted by Crippen LogP contribution is 2.14. The first-order chi connectivity index (χ1) is 9.56. The third-order valence-electron chi connectivity index (χ3n) is 2.50. The van der Waals surface area contributed by atoms with Crippen molar-refractivity contribution in [3.05, 3.63) is 34.6 Å². The van der Waals surface area contributed by atoms with Gasteiger partial charge >= 0.3 is 5.97 Å². The number of para-hydroxylation sites is 1. The number of hydrogen-bond acceptors (Lipinski definition) is 5. The van der Waals surface area contributed by atoms with Crippen molar-refractivity contribution in [2.75, 3.05) is 12.4 Å². The average molecular weight is 292 g/mol. The van der Waals surface area contributed by atoms with Crippen LogP contribution in [-0.4, -0.2) is 28.3 Å². The summed E-state index contributed by atoms with van der Waals surface area (Å²) in [6, 6.07) is 7.09. The molecule has 6 heteroatoms. The molecule has 1 aromatic carbocycles. The Morgan fingerprint density at radius 1 is 1.40 bits per heavy atom. The van der Waals surface area contributed by atoms with Crippen molar-refractivity contribution < 1.29 is 9.53 Å². The molecule has 0 unspecified atom stereocenters. The smallest absolute Gasteiger partial charge is 0.316 e. The lowest BCUT2D eigenvalue weighted by molar-refractivity contribution is -0.141. The van der Waals surface area contributed by atoms with E-state index in [4.69, 9.17) is 4.74 Å². The minimum absolute atomic E-state index is 0.133. The molecule has 0 atom stereocenters. The molecule has 2 rings (SSSR count). The number of ether oxygens (including phenoxy) is 1. The highest BCUT2D eigenvalue weighted by molar-refractivity contribution is 7.99. The zero-order valence-electron chi connectivity index (χ0n) is 11.4. The number of carbonyl (C=O) groups excluding carboxylic acids is 1. The summed E-state index contributed by atoms with van der Waals surface area (Å²) in [7, 11) is 0. The fraction of sp³-hybridized carbons (Fsp3) is 0.357. The van der Waals surface area contributed by atoms with E-state index < -0.39 is 0 Å². The number of nitrogens with zero attached hydrogens (tertiary/aromatic N) is 1. The van der Waals surface area contributed by atoms with Crippen LogP contribution in [0.4, 0.5) is 0 Å². The predicted molar refractivity (Wildman–Crippen MR) is 78.9 cm³/mol. The molecule has 1 aromatic heterocycles. The second-order valence-corrected chi connectivity index (χ2v) is 5.72. The summed E-state index contributed by atoms with van der Waals surface area (Å²) in [4.78, 5) is 30.3. The van der Waals surface area contributed by atoms with Crippen LogP contribution in [0.15, 0.2) is 34.2 Å². The van der Waals surface area contributed by atoms with E-state index in [0.717, 1.165) is 0 Å². The van der Waals surface area contributed by atoms with Gasteiger partial charge in [0.1, 0.15) is 0 Å². The molecule has 106 valence electrons. The molecule has 0 radical (unpaired) electrons. The summed E-state index contributed by atoms with van der Waals surface area (Å²) in [5.41, 5.74) is 0.419. The van der Waals surface area contributed by atoms with Crippen LogP contribution in [0.5, 0.6) is 0 Å². The molecular formula is C14H16N2O3S. The number of rotatable bonds is 5. The van der Waals surface area contributed by atoms with Gasteiger partial charge in [-0.2, -0.15) is 0 Å². The van der Waals surface area contributed by atoms with E-state index >= 15 is 0 Å². The maximum Gasteiger partial charge on any atom is 0.316 e. The molecule has 0 amide bonds. The molecule has 0 saturated heterocycles. The molecule has 0 bridgehead atoms. The Balaban J connectivity index is 2.03. The van der Waals surface area contributed by atoms with E-state index in [9.17, 15) is 9.59 Å². The Labute approximate surface area is 120 Å². The molecule has 1 N–H and O–H groups in total. The quantitative estimate of drug-likeness (QED) is 0.520. The van der Waals surface area contributed by atoms with Crippen LogP contribution in [-0.2, 0) is 9.53 Å². The third kappa shape index (κ3) is 3.84. The van der Waals surface area contributed by atoms with E-state index in [2.05, 4.69) is 9.97 Å². The fourth-order valence-electron chi connectivity index (χ4n) is 1.56. The second kappa shape index (κ2) is 6.56. The first kappa shape index (κ1) is 14.6. The third-order valence-corrected chi connectivity index (χ3v) is 3.34. The van der Waals surface area contributed by atoms with Gasteiger partial charge in [-0.15, -0.1) is 0 Å². The van der Waals surface area contributed by atoms with Crippen molar-refractivity contribution in [1.82, 2.24) is 9.97 Å². The van der Waals surface area contributed by atoms with E-state index in [1.165, 1.54) is 11.8 Å². The summed E-state index contributed by atoms with van der Waals surface area (Å²) in [5, 5.41) is 0.967. The lowest BCUT2D eigenvalue weighted by Crippen LogP contribution is -2.13. The van der Waals surface area contributed by atoms with Gasteiger partial charge < -0.3 is 9.72 Å². The van der Waals surface area contributed by atoms with Crippen molar-refractivity contribution in [1.29, 1.82) is 0 Å². The van der Waals surface area contributed by atoms with E-state index in [-0.39, 0.29) is 17.3 Å². The van der Waals surface area contributed by atoms with Crippen molar-refractivity contribution in [3.8, 4) is 0 Å². The lowest BCUT2D eigenvalue weighted by atomic mass is 10.2. The normalized spacial score (nSPS) is 10.9. The number of esters is 1. The largest absolute Gasteiger partial charge is 0.465 e. The predicted octanol–water partition coefficient (Wildman–Crippen LogP) is 2.21. The number of fused-ring (bicyclic) bond motifs is 1. The molecule has 1 heterocycles. The van der Waals surface area contributed by atoms with Gasteiger partial charge in [-0.1, -0.05) is 37.7 Å². The summed E-state index contributed by atoms with van der Waals surface area (Å²) < 4.78 is 5.06. The van der Waals surface area contributed by atoms with Crippen LogP contribution < -0.4 is 5.56 Å². The number of thioether (sulfide) groups is 1. The van der Waals surface area contributed by atoms with Crippen LogP contribution in [0, 0.1) is 5.92 Å². The average Bonchev–Trinajstić information content (AvgIpc) is 2.43. The zero-order chi connectivity index (χ0) is 14.5. The van der Waals surface area contributed by atoms with Crippen molar-refractivity contribution in [2.45, 2.75) is 19.0 Å². The van der Waals surface area contributed by atoms with Crippen LogP contribution >= 0.6 is 11.8 Å². The molecule has 0 fully saturated rings. The van der Waals surface area contributed by atoms with Gasteiger partial charge in [0, 0.05) is 0 Å². The van der Waals surface area contributed by atoms with E-state index in [1.807, 2.05) is 19.9 Å².